The van der Waals surface area contributed by atoms with Crippen LogP contribution < -0.4 is 18.9 Å². The van der Waals surface area contributed by atoms with Crippen LogP contribution in [0.25, 0.3) is 6.08 Å². The fourth-order valence-electron chi connectivity index (χ4n) is 2.61. The molecule has 0 fully saturated rings. The van der Waals surface area contributed by atoms with Crippen molar-refractivity contribution in [1.82, 2.24) is 0 Å². The van der Waals surface area contributed by atoms with E-state index in [9.17, 15) is 4.79 Å². The number of hydrogen-bond donors (Lipinski definition) is 0. The number of carbonyl (C=O) groups excluding carboxylic acids is 1. The van der Waals surface area contributed by atoms with E-state index in [2.05, 4.69) is 4.99 Å². The summed E-state index contributed by atoms with van der Waals surface area (Å²) in [4.78, 5) is 16.6. The molecule has 7 nitrogen and oxygen atoms in total. The first-order valence-electron chi connectivity index (χ1n) is 8.06. The predicted molar refractivity (Wildman–Crippen MR) is 99.7 cm³/mol. The maximum Gasteiger partial charge on any atom is 0.363 e. The zero-order chi connectivity index (χ0) is 19.4. The summed E-state index contributed by atoms with van der Waals surface area (Å²) in [5, 5.41) is 0. The molecule has 0 spiro atoms. The summed E-state index contributed by atoms with van der Waals surface area (Å²) in [5.74, 6) is 1.87. The molecule has 0 saturated carbocycles. The summed E-state index contributed by atoms with van der Waals surface area (Å²) in [6, 6.07) is 10.5. The Balaban J connectivity index is 1.98. The van der Waals surface area contributed by atoms with Gasteiger partial charge < -0.3 is 23.7 Å². The SMILES string of the molecule is COc1ccc(OC)c(C2=N/C(=C\c3ccc(OC)c(OC)c3)C(=O)O2)c1. The summed E-state index contributed by atoms with van der Waals surface area (Å²) >= 11 is 0. The van der Waals surface area contributed by atoms with E-state index >= 15 is 0 Å². The van der Waals surface area contributed by atoms with E-state index < -0.39 is 5.97 Å². The summed E-state index contributed by atoms with van der Waals surface area (Å²) in [6.07, 6.45) is 1.62. The van der Waals surface area contributed by atoms with Crippen LogP contribution in [0.15, 0.2) is 47.1 Å². The van der Waals surface area contributed by atoms with E-state index in [0.29, 0.717) is 28.6 Å². The van der Waals surface area contributed by atoms with E-state index in [1.165, 1.54) is 7.11 Å². The molecule has 0 unspecified atom stereocenters. The first-order chi connectivity index (χ1) is 13.1. The van der Waals surface area contributed by atoms with Gasteiger partial charge >= 0.3 is 5.97 Å². The molecule has 0 radical (unpaired) electrons. The lowest BCUT2D eigenvalue weighted by Gasteiger charge is -2.08. The zero-order valence-electron chi connectivity index (χ0n) is 15.4. The van der Waals surface area contributed by atoms with Crippen LogP contribution in [0.1, 0.15) is 11.1 Å². The molecule has 140 valence electrons. The van der Waals surface area contributed by atoms with Crippen LogP contribution in [0.5, 0.6) is 23.0 Å². The summed E-state index contributed by atoms with van der Waals surface area (Å²) in [6.45, 7) is 0. The van der Waals surface area contributed by atoms with E-state index in [-0.39, 0.29) is 11.6 Å². The Bertz CT molecular complexity index is 932. The molecule has 7 heteroatoms. The Morgan fingerprint density at radius 2 is 1.56 bits per heavy atom. The molecular weight excluding hydrogens is 350 g/mol. The summed E-state index contributed by atoms with van der Waals surface area (Å²) in [7, 11) is 6.19. The van der Waals surface area contributed by atoms with Gasteiger partial charge in [0.1, 0.15) is 11.5 Å². The maximum absolute atomic E-state index is 12.3. The Morgan fingerprint density at radius 3 is 2.22 bits per heavy atom. The van der Waals surface area contributed by atoms with Crippen molar-refractivity contribution in [2.24, 2.45) is 4.99 Å². The highest BCUT2D eigenvalue weighted by molar-refractivity contribution is 6.14. The van der Waals surface area contributed by atoms with Gasteiger partial charge in [-0.05, 0) is 42.0 Å². The molecule has 0 N–H and O–H groups in total. The Labute approximate surface area is 156 Å². The van der Waals surface area contributed by atoms with Crippen molar-refractivity contribution >= 4 is 17.9 Å². The number of aliphatic imine (C=N–C) groups is 1. The van der Waals surface area contributed by atoms with Crippen LogP contribution in [0.4, 0.5) is 0 Å². The van der Waals surface area contributed by atoms with Crippen LogP contribution in [0.3, 0.4) is 0 Å². The number of ether oxygens (including phenoxy) is 5. The minimum absolute atomic E-state index is 0.155. The van der Waals surface area contributed by atoms with Crippen molar-refractivity contribution < 1.29 is 28.5 Å². The molecule has 2 aromatic rings. The third-order valence-electron chi connectivity index (χ3n) is 3.97. The number of benzene rings is 2. The molecule has 0 aliphatic carbocycles. The van der Waals surface area contributed by atoms with Gasteiger partial charge in [0.05, 0.1) is 34.0 Å². The van der Waals surface area contributed by atoms with Crippen molar-refractivity contribution in [1.29, 1.82) is 0 Å². The first-order valence-corrected chi connectivity index (χ1v) is 8.06. The molecule has 2 aromatic carbocycles. The van der Waals surface area contributed by atoms with Gasteiger partial charge in [0.2, 0.25) is 5.90 Å². The lowest BCUT2D eigenvalue weighted by molar-refractivity contribution is -0.129. The van der Waals surface area contributed by atoms with E-state index in [1.807, 2.05) is 0 Å². The maximum atomic E-state index is 12.3. The largest absolute Gasteiger partial charge is 0.497 e. The minimum atomic E-state index is -0.551. The first kappa shape index (κ1) is 18.3. The lowest BCUT2D eigenvalue weighted by Crippen LogP contribution is -2.07. The fourth-order valence-corrected chi connectivity index (χ4v) is 2.61. The van der Waals surface area contributed by atoms with Crippen molar-refractivity contribution in [3.05, 3.63) is 53.2 Å². The normalized spacial score (nSPS) is 14.6. The molecule has 0 amide bonds. The monoisotopic (exact) mass is 369 g/mol. The number of cyclic esters (lactones) is 1. The van der Waals surface area contributed by atoms with Gasteiger partial charge in [-0.25, -0.2) is 9.79 Å². The highest BCUT2D eigenvalue weighted by atomic mass is 16.6. The van der Waals surface area contributed by atoms with Gasteiger partial charge in [0.15, 0.2) is 17.2 Å². The van der Waals surface area contributed by atoms with Gasteiger partial charge in [0.25, 0.3) is 0 Å². The quantitative estimate of drug-likeness (QED) is 0.575. The van der Waals surface area contributed by atoms with Crippen molar-refractivity contribution in [2.45, 2.75) is 0 Å². The number of esters is 1. The Hall–Kier alpha value is -3.48. The number of carbonyl (C=O) groups is 1. The van der Waals surface area contributed by atoms with Crippen molar-refractivity contribution in [3.8, 4) is 23.0 Å². The van der Waals surface area contributed by atoms with Crippen LogP contribution in [0, 0.1) is 0 Å². The fraction of sp³-hybridized carbons (Fsp3) is 0.200. The van der Waals surface area contributed by atoms with Crippen molar-refractivity contribution in [2.75, 3.05) is 28.4 Å². The predicted octanol–water partition coefficient (Wildman–Crippen LogP) is 3.07. The molecule has 1 heterocycles. The van der Waals surface area contributed by atoms with E-state index in [1.54, 1.807) is 63.8 Å². The second kappa shape index (κ2) is 7.82. The third kappa shape index (κ3) is 3.72. The topological polar surface area (TPSA) is 75.6 Å². The van der Waals surface area contributed by atoms with Gasteiger partial charge in [0, 0.05) is 0 Å². The second-order valence-corrected chi connectivity index (χ2v) is 5.52. The molecule has 0 aromatic heterocycles. The van der Waals surface area contributed by atoms with Gasteiger partial charge in [-0.2, -0.15) is 0 Å². The lowest BCUT2D eigenvalue weighted by atomic mass is 10.1. The minimum Gasteiger partial charge on any atom is -0.497 e. The standard InChI is InChI=1S/C20H19NO6/c1-23-13-6-8-16(24-2)14(11-13)19-21-15(20(22)27-19)9-12-5-7-17(25-3)18(10-12)26-4/h5-11H,1-4H3/b15-9-. The molecule has 0 bridgehead atoms. The van der Waals surface area contributed by atoms with Crippen LogP contribution in [-0.4, -0.2) is 40.3 Å². The second-order valence-electron chi connectivity index (χ2n) is 5.52. The number of rotatable bonds is 6. The highest BCUT2D eigenvalue weighted by Gasteiger charge is 2.27. The number of nitrogens with zero attached hydrogens (tertiary/aromatic N) is 1. The third-order valence-corrected chi connectivity index (χ3v) is 3.97. The van der Waals surface area contributed by atoms with Gasteiger partial charge in [-0.15, -0.1) is 0 Å². The molecule has 3 rings (SSSR count). The molecule has 1 aliphatic rings. The van der Waals surface area contributed by atoms with E-state index in [4.69, 9.17) is 23.7 Å². The van der Waals surface area contributed by atoms with Crippen LogP contribution >= 0.6 is 0 Å². The Morgan fingerprint density at radius 1 is 0.852 bits per heavy atom. The smallest absolute Gasteiger partial charge is 0.363 e. The zero-order valence-corrected chi connectivity index (χ0v) is 15.4. The van der Waals surface area contributed by atoms with Gasteiger partial charge in [-0.3, -0.25) is 0 Å². The van der Waals surface area contributed by atoms with Crippen LogP contribution in [-0.2, 0) is 9.53 Å². The Kier molecular flexibility index (Phi) is 5.30. The van der Waals surface area contributed by atoms with Crippen molar-refractivity contribution in [3.63, 3.8) is 0 Å². The molecule has 1 aliphatic heterocycles. The average molecular weight is 369 g/mol. The molecule has 0 atom stereocenters. The molecular formula is C20H19NO6. The van der Waals surface area contributed by atoms with E-state index in [0.717, 1.165) is 5.56 Å². The number of methoxy groups -OCH3 is 4. The van der Waals surface area contributed by atoms with Crippen LogP contribution in [0.2, 0.25) is 0 Å². The molecule has 27 heavy (non-hydrogen) atoms. The molecule has 0 saturated heterocycles. The van der Waals surface area contributed by atoms with Gasteiger partial charge in [-0.1, -0.05) is 6.07 Å². The summed E-state index contributed by atoms with van der Waals surface area (Å²) < 4.78 is 26.4. The average Bonchev–Trinajstić information content (AvgIpc) is 3.07. The highest BCUT2D eigenvalue weighted by Crippen LogP contribution is 2.31. The summed E-state index contributed by atoms with van der Waals surface area (Å²) in [5.41, 5.74) is 1.42. The number of hydrogen-bond acceptors (Lipinski definition) is 7.